The molecular weight excluding hydrogens is 236 g/mol. The van der Waals surface area contributed by atoms with E-state index in [0.29, 0.717) is 18.7 Å². The van der Waals surface area contributed by atoms with Gasteiger partial charge in [0.2, 0.25) is 0 Å². The van der Waals surface area contributed by atoms with Gasteiger partial charge in [0.15, 0.2) is 0 Å². The van der Waals surface area contributed by atoms with Crippen LogP contribution in [-0.2, 0) is 0 Å². The maximum absolute atomic E-state index is 12.2. The van der Waals surface area contributed by atoms with Crippen LogP contribution in [0.5, 0.6) is 0 Å². The SMILES string of the molecule is Cc1c(C#CCN)cccc1C(=O)NCC(C)(C)C. The van der Waals surface area contributed by atoms with Gasteiger partial charge in [-0.3, -0.25) is 4.79 Å². The second-order valence-corrected chi connectivity index (χ2v) is 5.73. The van der Waals surface area contributed by atoms with Crippen LogP contribution < -0.4 is 11.1 Å². The van der Waals surface area contributed by atoms with Crippen molar-refractivity contribution in [1.82, 2.24) is 5.32 Å². The Morgan fingerprint density at radius 2 is 2.05 bits per heavy atom. The molecular formula is C16H22N2O. The van der Waals surface area contributed by atoms with Gasteiger partial charge in [0, 0.05) is 17.7 Å². The molecule has 0 unspecified atom stereocenters. The molecule has 0 spiro atoms. The van der Waals surface area contributed by atoms with Crippen LogP contribution in [0.4, 0.5) is 0 Å². The summed E-state index contributed by atoms with van der Waals surface area (Å²) in [5.74, 6) is 5.75. The summed E-state index contributed by atoms with van der Waals surface area (Å²) in [4.78, 5) is 12.2. The first-order valence-electron chi connectivity index (χ1n) is 6.42. The van der Waals surface area contributed by atoms with Gasteiger partial charge in [-0.2, -0.15) is 0 Å². The Kier molecular flexibility index (Phi) is 5.14. The summed E-state index contributed by atoms with van der Waals surface area (Å²) in [7, 11) is 0. The molecule has 0 saturated carbocycles. The Morgan fingerprint density at radius 3 is 2.63 bits per heavy atom. The normalized spacial score (nSPS) is 10.6. The Hall–Kier alpha value is -1.79. The molecule has 1 aromatic carbocycles. The van der Waals surface area contributed by atoms with Gasteiger partial charge in [-0.1, -0.05) is 38.7 Å². The molecule has 3 N–H and O–H groups in total. The van der Waals surface area contributed by atoms with Crippen molar-refractivity contribution < 1.29 is 4.79 Å². The van der Waals surface area contributed by atoms with Crippen molar-refractivity contribution in [1.29, 1.82) is 0 Å². The van der Waals surface area contributed by atoms with E-state index in [4.69, 9.17) is 5.73 Å². The summed E-state index contributed by atoms with van der Waals surface area (Å²) >= 11 is 0. The average molecular weight is 258 g/mol. The van der Waals surface area contributed by atoms with Gasteiger partial charge < -0.3 is 11.1 Å². The third kappa shape index (κ3) is 4.76. The van der Waals surface area contributed by atoms with E-state index in [1.165, 1.54) is 0 Å². The second-order valence-electron chi connectivity index (χ2n) is 5.73. The lowest BCUT2D eigenvalue weighted by Gasteiger charge is -2.19. The van der Waals surface area contributed by atoms with Crippen molar-refractivity contribution in [3.05, 3.63) is 34.9 Å². The number of amides is 1. The number of nitrogens with one attached hydrogen (secondary N) is 1. The maximum atomic E-state index is 12.2. The number of rotatable bonds is 2. The molecule has 3 nitrogen and oxygen atoms in total. The van der Waals surface area contributed by atoms with E-state index in [-0.39, 0.29) is 11.3 Å². The summed E-state index contributed by atoms with van der Waals surface area (Å²) in [6, 6.07) is 5.57. The summed E-state index contributed by atoms with van der Waals surface area (Å²) in [6.07, 6.45) is 0. The van der Waals surface area contributed by atoms with Crippen LogP contribution in [0.25, 0.3) is 0 Å². The molecule has 3 heteroatoms. The minimum Gasteiger partial charge on any atom is -0.352 e. The van der Waals surface area contributed by atoms with Crippen molar-refractivity contribution in [2.24, 2.45) is 11.1 Å². The van der Waals surface area contributed by atoms with Crippen molar-refractivity contribution >= 4 is 5.91 Å². The Bertz CT molecular complexity index is 516. The van der Waals surface area contributed by atoms with Crippen LogP contribution in [0.2, 0.25) is 0 Å². The number of nitrogens with two attached hydrogens (primary N) is 1. The van der Waals surface area contributed by atoms with Gasteiger partial charge in [0.1, 0.15) is 0 Å². The second kappa shape index (κ2) is 6.40. The van der Waals surface area contributed by atoms with Crippen LogP contribution in [-0.4, -0.2) is 19.0 Å². The summed E-state index contributed by atoms with van der Waals surface area (Å²) in [5.41, 5.74) is 7.86. The van der Waals surface area contributed by atoms with Gasteiger partial charge in [0.25, 0.3) is 5.91 Å². The summed E-state index contributed by atoms with van der Waals surface area (Å²) in [6.45, 7) is 9.13. The lowest BCUT2D eigenvalue weighted by Crippen LogP contribution is -2.32. The predicted molar refractivity (Wildman–Crippen MR) is 78.9 cm³/mol. The third-order valence-electron chi connectivity index (χ3n) is 2.68. The van der Waals surface area contributed by atoms with Crippen molar-refractivity contribution in [2.45, 2.75) is 27.7 Å². The summed E-state index contributed by atoms with van der Waals surface area (Å²) < 4.78 is 0. The third-order valence-corrected chi connectivity index (χ3v) is 2.68. The van der Waals surface area contributed by atoms with Crippen LogP contribution in [0.3, 0.4) is 0 Å². The lowest BCUT2D eigenvalue weighted by molar-refractivity contribution is 0.0938. The zero-order valence-corrected chi connectivity index (χ0v) is 12.1. The number of carbonyl (C=O) groups is 1. The van der Waals surface area contributed by atoms with E-state index in [1.54, 1.807) is 0 Å². The van der Waals surface area contributed by atoms with Gasteiger partial charge in [-0.05, 0) is 30.0 Å². The van der Waals surface area contributed by atoms with E-state index in [1.807, 2.05) is 25.1 Å². The number of hydrogen-bond donors (Lipinski definition) is 2. The summed E-state index contributed by atoms with van der Waals surface area (Å²) in [5, 5.41) is 2.95. The molecule has 0 aliphatic carbocycles. The molecule has 0 bridgehead atoms. The molecule has 102 valence electrons. The Balaban J connectivity index is 2.92. The first kappa shape index (κ1) is 15.3. The molecule has 1 rings (SSSR count). The molecule has 0 heterocycles. The standard InChI is InChI=1S/C16H22N2O/c1-12-13(8-6-10-17)7-5-9-14(12)15(19)18-11-16(2,3)4/h5,7,9H,10-11,17H2,1-4H3,(H,18,19). The van der Waals surface area contributed by atoms with Crippen molar-refractivity contribution in [3.63, 3.8) is 0 Å². The van der Waals surface area contributed by atoms with E-state index in [2.05, 4.69) is 37.9 Å². The molecule has 0 saturated heterocycles. The number of hydrogen-bond acceptors (Lipinski definition) is 2. The van der Waals surface area contributed by atoms with Crippen molar-refractivity contribution in [2.75, 3.05) is 13.1 Å². The highest BCUT2D eigenvalue weighted by atomic mass is 16.1. The van der Waals surface area contributed by atoms with Crippen LogP contribution in [0.15, 0.2) is 18.2 Å². The van der Waals surface area contributed by atoms with Gasteiger partial charge in [-0.25, -0.2) is 0 Å². The highest BCUT2D eigenvalue weighted by molar-refractivity contribution is 5.96. The molecule has 1 aromatic rings. The van der Waals surface area contributed by atoms with Gasteiger partial charge in [-0.15, -0.1) is 0 Å². The first-order valence-corrected chi connectivity index (χ1v) is 6.42. The molecule has 0 atom stereocenters. The van der Waals surface area contributed by atoms with Crippen LogP contribution in [0, 0.1) is 24.2 Å². The van der Waals surface area contributed by atoms with E-state index in [0.717, 1.165) is 11.1 Å². The first-order chi connectivity index (χ1) is 8.85. The average Bonchev–Trinajstić information content (AvgIpc) is 2.34. The number of carbonyl (C=O) groups excluding carboxylic acids is 1. The molecule has 0 radical (unpaired) electrons. The Labute approximate surface area is 115 Å². The Morgan fingerprint density at radius 1 is 1.37 bits per heavy atom. The largest absolute Gasteiger partial charge is 0.352 e. The fraction of sp³-hybridized carbons (Fsp3) is 0.438. The van der Waals surface area contributed by atoms with E-state index in [9.17, 15) is 4.79 Å². The van der Waals surface area contributed by atoms with E-state index < -0.39 is 0 Å². The van der Waals surface area contributed by atoms with Crippen molar-refractivity contribution in [3.8, 4) is 11.8 Å². The molecule has 0 aliphatic heterocycles. The predicted octanol–water partition coefficient (Wildman–Crippen LogP) is 2.08. The zero-order chi connectivity index (χ0) is 14.5. The highest BCUT2D eigenvalue weighted by Crippen LogP contribution is 2.14. The molecule has 0 fully saturated rings. The lowest BCUT2D eigenvalue weighted by atomic mass is 9.96. The smallest absolute Gasteiger partial charge is 0.251 e. The van der Waals surface area contributed by atoms with Gasteiger partial charge in [0.05, 0.1) is 6.54 Å². The topological polar surface area (TPSA) is 55.1 Å². The monoisotopic (exact) mass is 258 g/mol. The molecule has 0 aliphatic rings. The van der Waals surface area contributed by atoms with Crippen LogP contribution in [0.1, 0.15) is 42.3 Å². The fourth-order valence-corrected chi connectivity index (χ4v) is 1.60. The fourth-order valence-electron chi connectivity index (χ4n) is 1.60. The minimum absolute atomic E-state index is 0.0520. The molecule has 0 aromatic heterocycles. The highest BCUT2D eigenvalue weighted by Gasteiger charge is 2.15. The molecule has 1 amide bonds. The van der Waals surface area contributed by atoms with Gasteiger partial charge >= 0.3 is 0 Å². The minimum atomic E-state index is -0.0520. The molecule has 19 heavy (non-hydrogen) atoms. The quantitative estimate of drug-likeness (QED) is 0.798. The van der Waals surface area contributed by atoms with E-state index >= 15 is 0 Å². The number of benzene rings is 1. The maximum Gasteiger partial charge on any atom is 0.251 e. The zero-order valence-electron chi connectivity index (χ0n) is 12.1. The van der Waals surface area contributed by atoms with Crippen LogP contribution >= 0.6 is 0 Å².